The van der Waals surface area contributed by atoms with Crippen molar-refractivity contribution in [2.75, 3.05) is 45.2 Å². The fraction of sp³-hybridized carbons (Fsp3) is 0.458. The Hall–Kier alpha value is -2.42. The summed E-state index contributed by atoms with van der Waals surface area (Å²) in [5, 5.41) is 2.81. The molecule has 174 valence electrons. The molecule has 7 nitrogen and oxygen atoms in total. The number of nitrogens with one attached hydrogen (secondary N) is 1. The number of carbonyl (C=O) groups is 1. The SMILES string of the molecule is Cc1cc(C)cc(OCCN(C)CCC(=O)Nc2cccc(S(=O)(=O)N3CCCC3)c2)c1. The molecule has 0 radical (unpaired) electrons. The van der Waals surface area contributed by atoms with Gasteiger partial charge in [0.25, 0.3) is 0 Å². The summed E-state index contributed by atoms with van der Waals surface area (Å²) in [6.07, 6.45) is 2.08. The van der Waals surface area contributed by atoms with Gasteiger partial charge in [0.2, 0.25) is 15.9 Å². The van der Waals surface area contributed by atoms with Gasteiger partial charge in [0, 0.05) is 38.3 Å². The van der Waals surface area contributed by atoms with E-state index in [0.29, 0.717) is 44.9 Å². The Morgan fingerprint density at radius 2 is 1.75 bits per heavy atom. The third-order valence-electron chi connectivity index (χ3n) is 5.48. The van der Waals surface area contributed by atoms with Gasteiger partial charge in [0.05, 0.1) is 4.90 Å². The maximum absolute atomic E-state index is 12.7. The monoisotopic (exact) mass is 459 g/mol. The van der Waals surface area contributed by atoms with Gasteiger partial charge < -0.3 is 15.0 Å². The molecule has 1 amide bonds. The van der Waals surface area contributed by atoms with Crippen molar-refractivity contribution in [3.63, 3.8) is 0 Å². The maximum Gasteiger partial charge on any atom is 0.243 e. The fourth-order valence-corrected chi connectivity index (χ4v) is 5.34. The van der Waals surface area contributed by atoms with Crippen molar-refractivity contribution in [1.82, 2.24) is 9.21 Å². The molecule has 2 aromatic carbocycles. The number of benzene rings is 2. The number of amides is 1. The molecule has 32 heavy (non-hydrogen) atoms. The molecule has 0 saturated carbocycles. The highest BCUT2D eigenvalue weighted by molar-refractivity contribution is 7.89. The van der Waals surface area contributed by atoms with Gasteiger partial charge in [-0.3, -0.25) is 4.79 Å². The summed E-state index contributed by atoms with van der Waals surface area (Å²) in [6.45, 7) is 7.01. The smallest absolute Gasteiger partial charge is 0.243 e. The average Bonchev–Trinajstić information content (AvgIpc) is 3.28. The van der Waals surface area contributed by atoms with Crippen LogP contribution in [0.4, 0.5) is 5.69 Å². The third kappa shape index (κ3) is 6.79. The Balaban J connectivity index is 1.44. The van der Waals surface area contributed by atoms with Gasteiger partial charge in [0.1, 0.15) is 12.4 Å². The lowest BCUT2D eigenvalue weighted by Crippen LogP contribution is -2.28. The molecule has 1 aliphatic heterocycles. The van der Waals surface area contributed by atoms with Crippen LogP contribution in [-0.4, -0.2) is 63.4 Å². The third-order valence-corrected chi connectivity index (χ3v) is 7.37. The predicted molar refractivity (Wildman–Crippen MR) is 127 cm³/mol. The summed E-state index contributed by atoms with van der Waals surface area (Å²) in [5.41, 5.74) is 2.83. The van der Waals surface area contributed by atoms with Gasteiger partial charge in [-0.05, 0) is 75.2 Å². The average molecular weight is 460 g/mol. The van der Waals surface area contributed by atoms with Crippen LogP contribution in [0.5, 0.6) is 5.75 Å². The zero-order valence-electron chi connectivity index (χ0n) is 19.1. The van der Waals surface area contributed by atoms with E-state index in [4.69, 9.17) is 4.74 Å². The first-order valence-electron chi connectivity index (χ1n) is 11.0. The number of nitrogens with zero attached hydrogens (tertiary/aromatic N) is 2. The van der Waals surface area contributed by atoms with Crippen LogP contribution in [-0.2, 0) is 14.8 Å². The van der Waals surface area contributed by atoms with Crippen molar-refractivity contribution in [3.05, 3.63) is 53.6 Å². The highest BCUT2D eigenvalue weighted by Crippen LogP contribution is 2.23. The minimum absolute atomic E-state index is 0.150. The van der Waals surface area contributed by atoms with E-state index in [0.717, 1.165) is 18.6 Å². The molecule has 8 heteroatoms. The molecule has 1 saturated heterocycles. The lowest BCUT2D eigenvalue weighted by Gasteiger charge is -2.18. The van der Waals surface area contributed by atoms with Crippen LogP contribution < -0.4 is 10.1 Å². The summed E-state index contributed by atoms with van der Waals surface area (Å²) in [6, 6.07) is 12.6. The number of hydrogen-bond donors (Lipinski definition) is 1. The molecular weight excluding hydrogens is 426 g/mol. The summed E-state index contributed by atoms with van der Waals surface area (Å²) >= 11 is 0. The van der Waals surface area contributed by atoms with Gasteiger partial charge in [-0.15, -0.1) is 0 Å². The number of rotatable bonds is 10. The fourth-order valence-electron chi connectivity index (χ4n) is 3.78. The predicted octanol–water partition coefficient (Wildman–Crippen LogP) is 3.43. The molecule has 0 atom stereocenters. The standard InChI is InChI=1S/C24H33N3O4S/c1-19-15-20(2)17-22(16-19)31-14-13-26(3)12-9-24(28)25-21-7-6-8-23(18-21)32(29,30)27-10-4-5-11-27/h6-8,15-18H,4-5,9-14H2,1-3H3,(H,25,28). The van der Waals surface area contributed by atoms with Crippen molar-refractivity contribution in [2.45, 2.75) is 38.0 Å². The van der Waals surface area contributed by atoms with E-state index >= 15 is 0 Å². The Morgan fingerprint density at radius 1 is 1.06 bits per heavy atom. The van der Waals surface area contributed by atoms with Crippen LogP contribution in [0.2, 0.25) is 0 Å². The van der Waals surface area contributed by atoms with Crippen LogP contribution in [0.3, 0.4) is 0 Å². The molecule has 1 fully saturated rings. The summed E-state index contributed by atoms with van der Waals surface area (Å²) < 4.78 is 32.8. The van der Waals surface area contributed by atoms with Crippen molar-refractivity contribution in [3.8, 4) is 5.75 Å². The molecule has 0 unspecified atom stereocenters. The van der Waals surface area contributed by atoms with E-state index in [1.807, 2.05) is 37.9 Å². The molecule has 1 aliphatic rings. The topological polar surface area (TPSA) is 79.0 Å². The van der Waals surface area contributed by atoms with Crippen LogP contribution in [0.1, 0.15) is 30.4 Å². The highest BCUT2D eigenvalue weighted by atomic mass is 32.2. The first kappa shape index (κ1) is 24.2. The first-order chi connectivity index (χ1) is 15.2. The lowest BCUT2D eigenvalue weighted by molar-refractivity contribution is -0.116. The Kier molecular flexibility index (Phi) is 8.28. The largest absolute Gasteiger partial charge is 0.492 e. The van der Waals surface area contributed by atoms with Crippen molar-refractivity contribution >= 4 is 21.6 Å². The minimum atomic E-state index is -3.50. The summed E-state index contributed by atoms with van der Waals surface area (Å²) in [5.74, 6) is 0.709. The number of anilines is 1. The lowest BCUT2D eigenvalue weighted by atomic mass is 10.1. The second kappa shape index (κ2) is 10.9. The van der Waals surface area contributed by atoms with E-state index in [1.54, 1.807) is 18.2 Å². The molecule has 0 aromatic heterocycles. The van der Waals surface area contributed by atoms with E-state index in [1.165, 1.54) is 21.5 Å². The van der Waals surface area contributed by atoms with Crippen LogP contribution in [0.15, 0.2) is 47.4 Å². The van der Waals surface area contributed by atoms with Crippen LogP contribution in [0, 0.1) is 13.8 Å². The second-order valence-electron chi connectivity index (χ2n) is 8.41. The number of sulfonamides is 1. The van der Waals surface area contributed by atoms with Crippen LogP contribution >= 0.6 is 0 Å². The zero-order chi connectivity index (χ0) is 23.1. The van der Waals surface area contributed by atoms with Gasteiger partial charge >= 0.3 is 0 Å². The second-order valence-corrected chi connectivity index (χ2v) is 10.4. The van der Waals surface area contributed by atoms with Crippen molar-refractivity contribution in [2.24, 2.45) is 0 Å². The number of ether oxygens (including phenoxy) is 1. The number of likely N-dealkylation sites (N-methyl/N-ethyl adjacent to an activating group) is 1. The van der Waals surface area contributed by atoms with E-state index in [2.05, 4.69) is 11.4 Å². The molecule has 1 heterocycles. The molecule has 0 bridgehead atoms. The van der Waals surface area contributed by atoms with Gasteiger partial charge in [0.15, 0.2) is 0 Å². The Morgan fingerprint density at radius 3 is 2.44 bits per heavy atom. The van der Waals surface area contributed by atoms with E-state index in [9.17, 15) is 13.2 Å². The Bertz CT molecular complexity index is 1010. The van der Waals surface area contributed by atoms with Gasteiger partial charge in [-0.1, -0.05) is 12.1 Å². The van der Waals surface area contributed by atoms with Gasteiger partial charge in [-0.2, -0.15) is 4.31 Å². The summed E-state index contributed by atoms with van der Waals surface area (Å²) in [7, 11) is -1.56. The number of carbonyl (C=O) groups excluding carboxylic acids is 1. The molecule has 1 N–H and O–H groups in total. The molecule has 0 aliphatic carbocycles. The number of aryl methyl sites for hydroxylation is 2. The summed E-state index contributed by atoms with van der Waals surface area (Å²) in [4.78, 5) is 14.6. The molecule has 2 aromatic rings. The van der Waals surface area contributed by atoms with Crippen LogP contribution in [0.25, 0.3) is 0 Å². The van der Waals surface area contributed by atoms with Crippen molar-refractivity contribution in [1.29, 1.82) is 0 Å². The highest BCUT2D eigenvalue weighted by Gasteiger charge is 2.27. The normalized spacial score (nSPS) is 14.6. The minimum Gasteiger partial charge on any atom is -0.492 e. The van der Waals surface area contributed by atoms with E-state index in [-0.39, 0.29) is 10.8 Å². The first-order valence-corrected chi connectivity index (χ1v) is 12.5. The van der Waals surface area contributed by atoms with Crippen molar-refractivity contribution < 1.29 is 17.9 Å². The molecule has 0 spiro atoms. The molecular formula is C24H33N3O4S. The van der Waals surface area contributed by atoms with Gasteiger partial charge in [-0.25, -0.2) is 8.42 Å². The zero-order valence-corrected chi connectivity index (χ0v) is 20.0. The maximum atomic E-state index is 12.7. The van der Waals surface area contributed by atoms with E-state index < -0.39 is 10.0 Å². The molecule has 3 rings (SSSR count). The Labute approximate surface area is 191 Å². The number of hydrogen-bond acceptors (Lipinski definition) is 5. The quantitative estimate of drug-likeness (QED) is 0.589.